The van der Waals surface area contributed by atoms with Gasteiger partial charge in [0.15, 0.2) is 0 Å². The number of aliphatic hydroxyl groups excluding tert-OH is 1. The van der Waals surface area contributed by atoms with Crippen LogP contribution >= 0.6 is 15.9 Å². The zero-order chi connectivity index (χ0) is 13.0. The summed E-state index contributed by atoms with van der Waals surface area (Å²) in [6.45, 7) is 3.06. The van der Waals surface area contributed by atoms with Gasteiger partial charge in [-0.2, -0.15) is 0 Å². The lowest BCUT2D eigenvalue weighted by molar-refractivity contribution is -0.0407. The number of morpholine rings is 1. The largest absolute Gasteiger partial charge is 0.489 e. The maximum Gasteiger partial charge on any atom is 0.139 e. The maximum atomic E-state index is 9.28. The van der Waals surface area contributed by atoms with Gasteiger partial charge in [-0.3, -0.25) is 0 Å². The molecule has 0 aromatic heterocycles. The minimum Gasteiger partial charge on any atom is -0.489 e. The molecule has 5 heteroatoms. The van der Waals surface area contributed by atoms with E-state index in [2.05, 4.69) is 27.9 Å². The smallest absolute Gasteiger partial charge is 0.139 e. The van der Waals surface area contributed by atoms with Crippen molar-refractivity contribution in [3.8, 4) is 5.75 Å². The number of para-hydroxylation sites is 1. The van der Waals surface area contributed by atoms with Crippen molar-refractivity contribution in [2.75, 3.05) is 33.4 Å². The highest BCUT2D eigenvalue weighted by Crippen LogP contribution is 2.29. The molecule has 1 atom stereocenters. The number of rotatable bonds is 4. The van der Waals surface area contributed by atoms with Gasteiger partial charge in [0.25, 0.3) is 0 Å². The van der Waals surface area contributed by atoms with Gasteiger partial charge >= 0.3 is 0 Å². The number of halogens is 1. The van der Waals surface area contributed by atoms with Gasteiger partial charge in [-0.25, -0.2) is 0 Å². The first-order valence-electron chi connectivity index (χ1n) is 6.02. The molecule has 18 heavy (non-hydrogen) atoms. The van der Waals surface area contributed by atoms with E-state index in [-0.39, 0.29) is 12.7 Å². The Morgan fingerprint density at radius 2 is 2.39 bits per heavy atom. The van der Waals surface area contributed by atoms with Gasteiger partial charge in [0.05, 0.1) is 17.7 Å². The number of ether oxygens (including phenoxy) is 2. The number of nitrogens with zero attached hydrogens (tertiary/aromatic N) is 1. The molecule has 1 aromatic carbocycles. The monoisotopic (exact) mass is 315 g/mol. The Morgan fingerprint density at radius 1 is 1.56 bits per heavy atom. The van der Waals surface area contributed by atoms with Crippen LogP contribution in [-0.2, 0) is 11.3 Å². The number of benzene rings is 1. The molecule has 4 nitrogen and oxygen atoms in total. The second kappa shape index (κ2) is 6.52. The van der Waals surface area contributed by atoms with Crippen molar-refractivity contribution < 1.29 is 14.6 Å². The van der Waals surface area contributed by atoms with Crippen molar-refractivity contribution in [3.63, 3.8) is 0 Å². The average Bonchev–Trinajstić information content (AvgIpc) is 2.37. The fraction of sp³-hybridized carbons (Fsp3) is 0.538. The van der Waals surface area contributed by atoms with Crippen molar-refractivity contribution >= 4 is 15.9 Å². The third-order valence-electron chi connectivity index (χ3n) is 2.97. The van der Waals surface area contributed by atoms with Crippen LogP contribution in [0.4, 0.5) is 0 Å². The molecule has 0 aliphatic carbocycles. The first-order chi connectivity index (χ1) is 8.70. The van der Waals surface area contributed by atoms with Crippen LogP contribution in [0, 0.1) is 0 Å². The third kappa shape index (κ3) is 3.45. The molecule has 1 N–H and O–H groups in total. The number of hydrogen-bond acceptors (Lipinski definition) is 4. The quantitative estimate of drug-likeness (QED) is 0.917. The lowest BCUT2D eigenvalue weighted by atomic mass is 10.2. The molecule has 1 aromatic rings. The van der Waals surface area contributed by atoms with Crippen molar-refractivity contribution in [1.29, 1.82) is 0 Å². The van der Waals surface area contributed by atoms with Crippen LogP contribution in [0.1, 0.15) is 5.56 Å². The van der Waals surface area contributed by atoms with E-state index in [1.165, 1.54) is 0 Å². The van der Waals surface area contributed by atoms with Crippen molar-refractivity contribution in [3.05, 3.63) is 28.2 Å². The van der Waals surface area contributed by atoms with Gasteiger partial charge in [0.2, 0.25) is 0 Å². The molecule has 2 rings (SSSR count). The highest BCUT2D eigenvalue weighted by atomic mass is 79.9. The normalized spacial score (nSPS) is 20.9. The maximum absolute atomic E-state index is 9.28. The Hall–Kier alpha value is -0.620. The minimum atomic E-state index is -0.0276. The van der Waals surface area contributed by atoms with E-state index in [1.54, 1.807) is 0 Å². The Labute approximate surface area is 116 Å². The second-order valence-corrected chi connectivity index (χ2v) is 5.31. The zero-order valence-electron chi connectivity index (χ0n) is 10.4. The number of aliphatic hydroxyl groups is 1. The van der Waals surface area contributed by atoms with Gasteiger partial charge in [-0.15, -0.1) is 0 Å². The van der Waals surface area contributed by atoms with Gasteiger partial charge in [0, 0.05) is 18.7 Å². The van der Waals surface area contributed by atoms with E-state index in [9.17, 15) is 5.11 Å². The predicted octanol–water partition coefficient (Wildman–Crippen LogP) is 1.65. The fourth-order valence-electron chi connectivity index (χ4n) is 1.98. The van der Waals surface area contributed by atoms with Crippen LogP contribution in [0.25, 0.3) is 0 Å². The van der Waals surface area contributed by atoms with Gasteiger partial charge < -0.3 is 19.5 Å². The van der Waals surface area contributed by atoms with Gasteiger partial charge in [-0.05, 0) is 29.0 Å². The van der Waals surface area contributed by atoms with E-state index >= 15 is 0 Å². The molecular weight excluding hydrogens is 298 g/mol. The fourth-order valence-corrected chi connectivity index (χ4v) is 2.51. The molecule has 100 valence electrons. The van der Waals surface area contributed by atoms with E-state index in [0.717, 1.165) is 29.7 Å². The highest BCUT2D eigenvalue weighted by Gasteiger charge is 2.19. The topological polar surface area (TPSA) is 41.9 Å². The first-order valence-corrected chi connectivity index (χ1v) is 6.81. The molecule has 1 heterocycles. The lowest BCUT2D eigenvalue weighted by Crippen LogP contribution is -2.42. The van der Waals surface area contributed by atoms with Crippen molar-refractivity contribution in [2.45, 2.75) is 12.7 Å². The Kier molecular flexibility index (Phi) is 5.00. The van der Waals surface area contributed by atoms with Gasteiger partial charge in [-0.1, -0.05) is 12.1 Å². The third-order valence-corrected chi connectivity index (χ3v) is 3.60. The van der Waals surface area contributed by atoms with E-state index in [4.69, 9.17) is 9.47 Å². The zero-order valence-corrected chi connectivity index (χ0v) is 12.0. The summed E-state index contributed by atoms with van der Waals surface area (Å²) in [5.41, 5.74) is 0.786. The molecular formula is C13H18BrNO3. The Bertz CT molecular complexity index is 400. The van der Waals surface area contributed by atoms with Crippen LogP contribution < -0.4 is 4.74 Å². The number of likely N-dealkylation sites (N-methyl/N-ethyl adjacent to an activating group) is 1. The molecule has 0 saturated carbocycles. The van der Waals surface area contributed by atoms with Gasteiger partial charge in [0.1, 0.15) is 18.5 Å². The molecule has 1 saturated heterocycles. The van der Waals surface area contributed by atoms with Crippen LogP contribution in [0.2, 0.25) is 0 Å². The van der Waals surface area contributed by atoms with Crippen LogP contribution in [-0.4, -0.2) is 49.5 Å². The summed E-state index contributed by atoms with van der Waals surface area (Å²) in [4.78, 5) is 2.23. The predicted molar refractivity (Wildman–Crippen MR) is 72.8 cm³/mol. The summed E-state index contributed by atoms with van der Waals surface area (Å²) in [6, 6.07) is 5.64. The number of hydrogen-bond donors (Lipinski definition) is 1. The van der Waals surface area contributed by atoms with Crippen molar-refractivity contribution in [1.82, 2.24) is 4.90 Å². The van der Waals surface area contributed by atoms with Crippen molar-refractivity contribution in [2.24, 2.45) is 0 Å². The van der Waals surface area contributed by atoms with Crippen LogP contribution in [0.15, 0.2) is 22.7 Å². The standard InChI is InChI=1S/C13H18BrNO3/c1-15-5-6-17-11(7-15)9-18-13-10(8-16)3-2-4-12(13)14/h2-4,11,16H,5-9H2,1H3. The SMILES string of the molecule is CN1CCOC(COc2c(Br)cccc2CO)C1. The van der Waals surface area contributed by atoms with E-state index in [0.29, 0.717) is 12.4 Å². The molecule has 0 bridgehead atoms. The molecule has 0 spiro atoms. The minimum absolute atomic E-state index is 0.0276. The average molecular weight is 316 g/mol. The van der Waals surface area contributed by atoms with Crippen LogP contribution in [0.5, 0.6) is 5.75 Å². The Balaban J connectivity index is 1.97. The summed E-state index contributed by atoms with van der Waals surface area (Å²) >= 11 is 3.44. The summed E-state index contributed by atoms with van der Waals surface area (Å²) in [6.07, 6.45) is 0.0856. The molecule has 1 aliphatic rings. The van der Waals surface area contributed by atoms with E-state index < -0.39 is 0 Å². The molecule has 1 aliphatic heterocycles. The molecule has 0 amide bonds. The summed E-state index contributed by atoms with van der Waals surface area (Å²) in [5.74, 6) is 0.705. The first kappa shape index (κ1) is 13.8. The lowest BCUT2D eigenvalue weighted by Gasteiger charge is -2.30. The molecule has 0 radical (unpaired) electrons. The highest BCUT2D eigenvalue weighted by molar-refractivity contribution is 9.10. The summed E-state index contributed by atoms with van der Waals surface area (Å²) < 4.78 is 12.3. The summed E-state index contributed by atoms with van der Waals surface area (Å²) in [7, 11) is 2.08. The Morgan fingerprint density at radius 3 is 3.11 bits per heavy atom. The summed E-state index contributed by atoms with van der Waals surface area (Å²) in [5, 5.41) is 9.28. The van der Waals surface area contributed by atoms with Crippen LogP contribution in [0.3, 0.4) is 0 Å². The second-order valence-electron chi connectivity index (χ2n) is 4.45. The molecule has 1 unspecified atom stereocenters. The molecule has 1 fully saturated rings. The van der Waals surface area contributed by atoms with E-state index in [1.807, 2.05) is 18.2 Å².